The van der Waals surface area contributed by atoms with E-state index in [0.717, 1.165) is 41.6 Å². The van der Waals surface area contributed by atoms with Crippen molar-refractivity contribution in [1.82, 2.24) is 16.0 Å². The highest BCUT2D eigenvalue weighted by atomic mass is 16.5. The molecule has 2 amide bonds. The second kappa shape index (κ2) is 13.5. The average molecular weight is 514 g/mol. The van der Waals surface area contributed by atoms with Crippen LogP contribution in [0.5, 0.6) is 0 Å². The summed E-state index contributed by atoms with van der Waals surface area (Å²) < 4.78 is 5.61. The van der Waals surface area contributed by atoms with Gasteiger partial charge in [-0.1, -0.05) is 90.5 Å². The Labute approximate surface area is 224 Å². The highest BCUT2D eigenvalue weighted by Crippen LogP contribution is 2.11. The molecule has 0 aliphatic carbocycles. The summed E-state index contributed by atoms with van der Waals surface area (Å²) in [5, 5.41) is 8.97. The van der Waals surface area contributed by atoms with Crippen LogP contribution in [-0.2, 0) is 38.6 Å². The van der Waals surface area contributed by atoms with E-state index in [0.29, 0.717) is 6.42 Å². The highest BCUT2D eigenvalue weighted by Gasteiger charge is 2.31. The molecule has 1 aliphatic heterocycles. The van der Waals surface area contributed by atoms with Crippen LogP contribution in [0.15, 0.2) is 84.9 Å². The molecule has 0 bridgehead atoms. The normalized spacial score (nSPS) is 16.3. The van der Waals surface area contributed by atoms with Crippen LogP contribution < -0.4 is 16.0 Å². The van der Waals surface area contributed by atoms with Crippen LogP contribution in [0.3, 0.4) is 0 Å². The summed E-state index contributed by atoms with van der Waals surface area (Å²) in [6.07, 6.45) is 2.23. The summed E-state index contributed by atoms with van der Waals surface area (Å²) in [6.45, 7) is 2.88. The lowest BCUT2D eigenvalue weighted by molar-refractivity contribution is -0.149. The number of esters is 1. The van der Waals surface area contributed by atoms with Gasteiger partial charge in [-0.2, -0.15) is 0 Å². The van der Waals surface area contributed by atoms with Crippen LogP contribution >= 0.6 is 0 Å². The van der Waals surface area contributed by atoms with Crippen molar-refractivity contribution in [2.45, 2.75) is 57.3 Å². The summed E-state index contributed by atoms with van der Waals surface area (Å²) in [5.41, 5.74) is 3.79. The molecular formula is C31H35N3O4. The summed E-state index contributed by atoms with van der Waals surface area (Å²) in [4.78, 5) is 39.7. The number of hydrogen-bond acceptors (Lipinski definition) is 5. The third-order valence-corrected chi connectivity index (χ3v) is 6.68. The zero-order chi connectivity index (χ0) is 26.7. The molecule has 4 rings (SSSR count). The van der Waals surface area contributed by atoms with Gasteiger partial charge in [-0.3, -0.25) is 9.59 Å². The van der Waals surface area contributed by atoms with Crippen molar-refractivity contribution in [3.8, 4) is 0 Å². The van der Waals surface area contributed by atoms with Crippen LogP contribution in [0, 0.1) is 6.92 Å². The van der Waals surface area contributed by atoms with E-state index in [-0.39, 0.29) is 25.0 Å². The van der Waals surface area contributed by atoms with Crippen LogP contribution in [0.1, 0.15) is 35.1 Å². The number of ether oxygens (including phenoxy) is 1. The average Bonchev–Trinajstić information content (AvgIpc) is 3.48. The Morgan fingerprint density at radius 2 is 1.42 bits per heavy atom. The van der Waals surface area contributed by atoms with Crippen molar-refractivity contribution in [2.24, 2.45) is 0 Å². The fraction of sp³-hybridized carbons (Fsp3) is 0.323. The van der Waals surface area contributed by atoms with Gasteiger partial charge in [0, 0.05) is 12.8 Å². The molecule has 1 aliphatic rings. The van der Waals surface area contributed by atoms with Gasteiger partial charge < -0.3 is 20.7 Å². The zero-order valence-corrected chi connectivity index (χ0v) is 21.7. The maximum Gasteiger partial charge on any atom is 0.329 e. The summed E-state index contributed by atoms with van der Waals surface area (Å²) in [6, 6.07) is 24.7. The van der Waals surface area contributed by atoms with Gasteiger partial charge in [0.1, 0.15) is 18.7 Å². The molecule has 3 N–H and O–H groups in total. The minimum Gasteiger partial charge on any atom is -0.459 e. The largest absolute Gasteiger partial charge is 0.459 e. The Morgan fingerprint density at radius 3 is 2.00 bits per heavy atom. The van der Waals surface area contributed by atoms with Crippen molar-refractivity contribution < 1.29 is 19.1 Å². The van der Waals surface area contributed by atoms with Crippen LogP contribution in [0.4, 0.5) is 0 Å². The molecule has 1 saturated heterocycles. The van der Waals surface area contributed by atoms with Crippen molar-refractivity contribution >= 4 is 17.8 Å². The topological polar surface area (TPSA) is 96.5 Å². The molecular weight excluding hydrogens is 478 g/mol. The molecule has 0 radical (unpaired) electrons. The standard InChI is InChI=1S/C31H35N3O4/c1-22-14-16-25(17-15-22)21-38-31(37)28(20-24-11-6-3-7-12-24)34-30(36)27(19-23-9-4-2-5-10-23)33-29(35)26-13-8-18-32-26/h2-7,9-12,14-17,26-28,32H,8,13,18-21H2,1H3,(H,33,35)(H,34,36)/t26-,27-,28-/m0/s1. The first-order chi connectivity index (χ1) is 18.5. The number of benzene rings is 3. The Kier molecular flexibility index (Phi) is 9.65. The van der Waals surface area contributed by atoms with Crippen molar-refractivity contribution in [3.63, 3.8) is 0 Å². The van der Waals surface area contributed by atoms with Gasteiger partial charge in [0.2, 0.25) is 11.8 Å². The number of amides is 2. The lowest BCUT2D eigenvalue weighted by atomic mass is 10.0. The molecule has 7 heteroatoms. The van der Waals surface area contributed by atoms with Crippen LogP contribution in [0.25, 0.3) is 0 Å². The molecule has 3 aromatic carbocycles. The number of hydrogen-bond donors (Lipinski definition) is 3. The molecule has 3 atom stereocenters. The molecule has 0 saturated carbocycles. The molecule has 0 unspecified atom stereocenters. The van der Waals surface area contributed by atoms with E-state index in [9.17, 15) is 14.4 Å². The van der Waals surface area contributed by atoms with Gasteiger partial charge in [0.25, 0.3) is 0 Å². The first-order valence-corrected chi connectivity index (χ1v) is 13.1. The van der Waals surface area contributed by atoms with Crippen molar-refractivity contribution in [3.05, 3.63) is 107 Å². The number of aryl methyl sites for hydroxylation is 1. The van der Waals surface area contributed by atoms with Crippen molar-refractivity contribution in [2.75, 3.05) is 6.54 Å². The smallest absolute Gasteiger partial charge is 0.329 e. The van der Waals surface area contributed by atoms with Gasteiger partial charge in [-0.05, 0) is 43.0 Å². The van der Waals surface area contributed by atoms with Gasteiger partial charge in [0.05, 0.1) is 6.04 Å². The number of nitrogens with one attached hydrogen (secondary N) is 3. The molecule has 1 fully saturated rings. The van der Waals surface area contributed by atoms with Crippen LogP contribution in [0.2, 0.25) is 0 Å². The van der Waals surface area contributed by atoms with E-state index in [4.69, 9.17) is 4.74 Å². The second-order valence-electron chi connectivity index (χ2n) is 9.74. The fourth-order valence-electron chi connectivity index (χ4n) is 4.49. The Morgan fingerprint density at radius 1 is 0.816 bits per heavy atom. The third kappa shape index (κ3) is 8.02. The Balaban J connectivity index is 1.49. The third-order valence-electron chi connectivity index (χ3n) is 6.68. The summed E-state index contributed by atoms with van der Waals surface area (Å²) in [7, 11) is 0. The lowest BCUT2D eigenvalue weighted by Crippen LogP contribution is -2.55. The van der Waals surface area contributed by atoms with E-state index in [1.54, 1.807) is 0 Å². The maximum absolute atomic E-state index is 13.6. The zero-order valence-electron chi connectivity index (χ0n) is 21.7. The van der Waals surface area contributed by atoms with Gasteiger partial charge in [0.15, 0.2) is 0 Å². The van der Waals surface area contributed by atoms with E-state index >= 15 is 0 Å². The predicted molar refractivity (Wildman–Crippen MR) is 146 cm³/mol. The Hall–Kier alpha value is -3.97. The molecule has 3 aromatic rings. The van der Waals surface area contributed by atoms with E-state index in [2.05, 4.69) is 16.0 Å². The monoisotopic (exact) mass is 513 g/mol. The quantitative estimate of drug-likeness (QED) is 0.342. The van der Waals surface area contributed by atoms with E-state index in [1.807, 2.05) is 91.9 Å². The predicted octanol–water partition coefficient (Wildman–Crippen LogP) is 3.25. The van der Waals surface area contributed by atoms with Gasteiger partial charge in [-0.15, -0.1) is 0 Å². The first kappa shape index (κ1) is 27.1. The van der Waals surface area contributed by atoms with Gasteiger partial charge in [-0.25, -0.2) is 4.79 Å². The molecule has 7 nitrogen and oxygen atoms in total. The Bertz CT molecular complexity index is 1190. The second-order valence-corrected chi connectivity index (χ2v) is 9.74. The minimum absolute atomic E-state index is 0.109. The molecule has 0 aromatic heterocycles. The fourth-order valence-corrected chi connectivity index (χ4v) is 4.49. The first-order valence-electron chi connectivity index (χ1n) is 13.1. The number of carbonyl (C=O) groups excluding carboxylic acids is 3. The summed E-state index contributed by atoms with van der Waals surface area (Å²) in [5.74, 6) is -1.15. The minimum atomic E-state index is -0.907. The molecule has 0 spiro atoms. The maximum atomic E-state index is 13.6. The highest BCUT2D eigenvalue weighted by molar-refractivity contribution is 5.92. The SMILES string of the molecule is Cc1ccc(COC(=O)[C@H](Cc2ccccc2)NC(=O)[C@H](Cc2ccccc2)NC(=O)[C@@H]2CCCN2)cc1. The lowest BCUT2D eigenvalue weighted by Gasteiger charge is -2.24. The number of carbonyl (C=O) groups is 3. The van der Waals surface area contributed by atoms with E-state index in [1.165, 1.54) is 0 Å². The molecule has 1 heterocycles. The van der Waals surface area contributed by atoms with Gasteiger partial charge >= 0.3 is 5.97 Å². The van der Waals surface area contributed by atoms with Crippen LogP contribution in [-0.4, -0.2) is 42.5 Å². The molecule has 38 heavy (non-hydrogen) atoms. The molecule has 198 valence electrons. The summed E-state index contributed by atoms with van der Waals surface area (Å²) >= 11 is 0. The number of rotatable bonds is 11. The van der Waals surface area contributed by atoms with E-state index < -0.39 is 24.0 Å². The van der Waals surface area contributed by atoms with Crippen molar-refractivity contribution in [1.29, 1.82) is 0 Å².